The van der Waals surface area contributed by atoms with Gasteiger partial charge in [-0.15, -0.1) is 0 Å². The molecule has 4 rings (SSSR count). The number of fused-ring (bicyclic) bond motifs is 1. The minimum absolute atomic E-state index is 0.0374. The number of carbonyl (C=O) groups is 1. The molecule has 8 heteroatoms. The molecule has 0 saturated carbocycles. The number of aliphatic hydroxyl groups excluding tert-OH is 1. The third-order valence-corrected chi connectivity index (χ3v) is 7.10. The lowest BCUT2D eigenvalue weighted by molar-refractivity contribution is -0.147. The Bertz CT molecular complexity index is 1050. The van der Waals surface area contributed by atoms with Crippen LogP contribution in [0.3, 0.4) is 0 Å². The SMILES string of the molecule is CC1(C)Oc2ccc(S(=O)(=O)Nc3ccccc3)cc2[C@@H](N2CCCCC2=O)[C@H]1O. The molecule has 2 aliphatic rings. The number of aliphatic hydroxyl groups is 1. The molecule has 1 fully saturated rings. The highest BCUT2D eigenvalue weighted by molar-refractivity contribution is 7.92. The molecule has 0 bridgehead atoms. The Kier molecular flexibility index (Phi) is 5.23. The number of nitrogens with one attached hydrogen (secondary N) is 1. The third-order valence-electron chi connectivity index (χ3n) is 5.72. The van der Waals surface area contributed by atoms with Crippen LogP contribution in [0.5, 0.6) is 5.75 Å². The zero-order chi connectivity index (χ0) is 21.5. The first-order valence-electron chi connectivity index (χ1n) is 10.1. The minimum atomic E-state index is -3.85. The number of ether oxygens (including phenoxy) is 1. The minimum Gasteiger partial charge on any atom is -0.485 e. The molecule has 0 radical (unpaired) electrons. The molecule has 160 valence electrons. The highest BCUT2D eigenvalue weighted by atomic mass is 32.2. The lowest BCUT2D eigenvalue weighted by Crippen LogP contribution is -2.55. The number of carbonyl (C=O) groups excluding carboxylic acids is 1. The number of hydrogen-bond donors (Lipinski definition) is 2. The highest BCUT2D eigenvalue weighted by Gasteiger charge is 2.47. The Balaban J connectivity index is 1.76. The molecule has 2 aromatic carbocycles. The summed E-state index contributed by atoms with van der Waals surface area (Å²) in [4.78, 5) is 14.3. The summed E-state index contributed by atoms with van der Waals surface area (Å²) in [7, 11) is -3.85. The number of para-hydroxylation sites is 1. The van der Waals surface area contributed by atoms with E-state index in [1.54, 1.807) is 55.1 Å². The molecular formula is C22H26N2O5S. The number of hydrogen-bond acceptors (Lipinski definition) is 5. The quantitative estimate of drug-likeness (QED) is 0.777. The first-order chi connectivity index (χ1) is 14.2. The number of anilines is 1. The summed E-state index contributed by atoms with van der Waals surface area (Å²) in [6.45, 7) is 4.06. The van der Waals surface area contributed by atoms with E-state index in [0.29, 0.717) is 30.0 Å². The van der Waals surface area contributed by atoms with Crippen molar-refractivity contribution in [3.63, 3.8) is 0 Å². The molecular weight excluding hydrogens is 404 g/mol. The van der Waals surface area contributed by atoms with E-state index in [2.05, 4.69) is 4.72 Å². The molecule has 1 amide bonds. The fraction of sp³-hybridized carbons (Fsp3) is 0.409. The van der Waals surface area contributed by atoms with Gasteiger partial charge in [0.15, 0.2) is 0 Å². The van der Waals surface area contributed by atoms with Gasteiger partial charge in [-0.25, -0.2) is 8.42 Å². The standard InChI is InChI=1S/C22H26N2O5S/c1-22(2)21(26)20(24-13-7-6-10-19(24)25)17-14-16(11-12-18(17)29-22)30(27,28)23-15-8-4-3-5-9-15/h3-5,8-9,11-12,14,20-21,23,26H,6-7,10,13H2,1-2H3/t20-,21-/m1/s1. The molecule has 0 spiro atoms. The van der Waals surface area contributed by atoms with Gasteiger partial charge in [0.05, 0.1) is 10.9 Å². The zero-order valence-corrected chi connectivity index (χ0v) is 17.9. The van der Waals surface area contributed by atoms with Crippen LogP contribution in [-0.2, 0) is 14.8 Å². The fourth-order valence-corrected chi connectivity index (χ4v) is 5.18. The zero-order valence-electron chi connectivity index (χ0n) is 17.0. The number of nitrogens with zero attached hydrogens (tertiary/aromatic N) is 1. The van der Waals surface area contributed by atoms with Gasteiger partial charge in [0.2, 0.25) is 5.91 Å². The van der Waals surface area contributed by atoms with Crippen LogP contribution < -0.4 is 9.46 Å². The lowest BCUT2D eigenvalue weighted by Gasteiger charge is -2.47. The van der Waals surface area contributed by atoms with Gasteiger partial charge in [-0.3, -0.25) is 9.52 Å². The van der Waals surface area contributed by atoms with Gasteiger partial charge < -0.3 is 14.7 Å². The average Bonchev–Trinajstić information content (AvgIpc) is 2.70. The summed E-state index contributed by atoms with van der Waals surface area (Å²) in [6.07, 6.45) is 1.10. The van der Waals surface area contributed by atoms with Crippen molar-refractivity contribution < 1.29 is 23.1 Å². The second-order valence-electron chi connectivity index (χ2n) is 8.31. The summed E-state index contributed by atoms with van der Waals surface area (Å²) in [5.74, 6) is 0.442. The molecule has 0 aromatic heterocycles. The van der Waals surface area contributed by atoms with Gasteiger partial charge in [-0.1, -0.05) is 18.2 Å². The smallest absolute Gasteiger partial charge is 0.261 e. The van der Waals surface area contributed by atoms with Crippen molar-refractivity contribution in [1.82, 2.24) is 4.90 Å². The van der Waals surface area contributed by atoms with E-state index < -0.39 is 27.8 Å². The van der Waals surface area contributed by atoms with E-state index in [1.807, 2.05) is 0 Å². The van der Waals surface area contributed by atoms with Crippen molar-refractivity contribution in [3.8, 4) is 5.75 Å². The first-order valence-corrected chi connectivity index (χ1v) is 11.6. The number of piperidine rings is 1. The molecule has 2 N–H and O–H groups in total. The Morgan fingerprint density at radius 2 is 1.87 bits per heavy atom. The second-order valence-corrected chi connectivity index (χ2v) is 9.99. The van der Waals surface area contributed by atoms with Crippen LogP contribution in [0.15, 0.2) is 53.4 Å². The fourth-order valence-electron chi connectivity index (χ4n) is 4.09. The first kappa shape index (κ1) is 20.7. The van der Waals surface area contributed by atoms with Crippen LogP contribution >= 0.6 is 0 Å². The maximum atomic E-state index is 12.9. The van der Waals surface area contributed by atoms with Gasteiger partial charge in [0.1, 0.15) is 17.5 Å². The number of sulfonamides is 1. The number of amides is 1. The molecule has 30 heavy (non-hydrogen) atoms. The number of likely N-dealkylation sites (tertiary alicyclic amines) is 1. The predicted molar refractivity (Wildman–Crippen MR) is 113 cm³/mol. The van der Waals surface area contributed by atoms with Crippen LogP contribution in [0.1, 0.15) is 44.7 Å². The molecule has 1 saturated heterocycles. The van der Waals surface area contributed by atoms with Gasteiger partial charge in [-0.05, 0) is 57.0 Å². The maximum Gasteiger partial charge on any atom is 0.261 e. The van der Waals surface area contributed by atoms with Gasteiger partial charge in [0.25, 0.3) is 10.0 Å². The van der Waals surface area contributed by atoms with Gasteiger partial charge in [-0.2, -0.15) is 0 Å². The topological polar surface area (TPSA) is 95.9 Å². The summed E-state index contributed by atoms with van der Waals surface area (Å²) in [5.41, 5.74) is 0.0429. The molecule has 7 nitrogen and oxygen atoms in total. The monoisotopic (exact) mass is 430 g/mol. The second kappa shape index (κ2) is 7.59. The van der Waals surface area contributed by atoms with Crippen LogP contribution in [-0.4, -0.2) is 42.6 Å². The Morgan fingerprint density at radius 1 is 1.13 bits per heavy atom. The van der Waals surface area contributed by atoms with E-state index in [-0.39, 0.29) is 10.8 Å². The van der Waals surface area contributed by atoms with Crippen molar-refractivity contribution in [3.05, 3.63) is 54.1 Å². The van der Waals surface area contributed by atoms with E-state index in [9.17, 15) is 18.3 Å². The van der Waals surface area contributed by atoms with Gasteiger partial charge >= 0.3 is 0 Å². The number of benzene rings is 2. The Hall–Kier alpha value is -2.58. The van der Waals surface area contributed by atoms with E-state index in [4.69, 9.17) is 4.74 Å². The van der Waals surface area contributed by atoms with Crippen molar-refractivity contribution in [2.24, 2.45) is 0 Å². The van der Waals surface area contributed by atoms with Crippen LogP contribution in [0.4, 0.5) is 5.69 Å². The van der Waals surface area contributed by atoms with Crippen LogP contribution in [0.2, 0.25) is 0 Å². The van der Waals surface area contributed by atoms with Crippen molar-refractivity contribution in [1.29, 1.82) is 0 Å². The summed E-state index contributed by atoms with van der Waals surface area (Å²) < 4.78 is 34.4. The third kappa shape index (κ3) is 3.77. The predicted octanol–water partition coefficient (Wildman–Crippen LogP) is 3.07. The Labute approximate surface area is 176 Å². The maximum absolute atomic E-state index is 12.9. The van der Waals surface area contributed by atoms with Crippen LogP contribution in [0.25, 0.3) is 0 Å². The van der Waals surface area contributed by atoms with E-state index in [1.165, 1.54) is 12.1 Å². The molecule has 2 aromatic rings. The van der Waals surface area contributed by atoms with Gasteiger partial charge in [0, 0.05) is 24.2 Å². The van der Waals surface area contributed by atoms with E-state index >= 15 is 0 Å². The van der Waals surface area contributed by atoms with E-state index in [0.717, 1.165) is 12.8 Å². The molecule has 2 heterocycles. The normalized spacial score (nSPS) is 23.4. The number of rotatable bonds is 4. The molecule has 2 aliphatic heterocycles. The highest BCUT2D eigenvalue weighted by Crippen LogP contribution is 2.44. The van der Waals surface area contributed by atoms with Crippen molar-refractivity contribution in [2.75, 3.05) is 11.3 Å². The Morgan fingerprint density at radius 3 is 2.57 bits per heavy atom. The average molecular weight is 431 g/mol. The summed E-state index contributed by atoms with van der Waals surface area (Å²) in [6, 6.07) is 12.5. The largest absolute Gasteiger partial charge is 0.485 e. The van der Waals surface area contributed by atoms with Crippen molar-refractivity contribution >= 4 is 21.6 Å². The van der Waals surface area contributed by atoms with Crippen molar-refractivity contribution in [2.45, 2.75) is 55.8 Å². The summed E-state index contributed by atoms with van der Waals surface area (Å²) >= 11 is 0. The molecule has 0 aliphatic carbocycles. The molecule has 0 unspecified atom stereocenters. The van der Waals surface area contributed by atoms with Crippen LogP contribution in [0, 0.1) is 0 Å². The summed E-state index contributed by atoms with van der Waals surface area (Å²) in [5, 5.41) is 11.1. The molecule has 2 atom stereocenters. The lowest BCUT2D eigenvalue weighted by atomic mass is 9.84.